The van der Waals surface area contributed by atoms with Crippen molar-refractivity contribution in [1.82, 2.24) is 0 Å². The summed E-state index contributed by atoms with van der Waals surface area (Å²) in [6.45, 7) is 3.74. The zero-order chi connectivity index (χ0) is 21.0. The van der Waals surface area contributed by atoms with Crippen LogP contribution in [0.15, 0.2) is 36.4 Å². The Labute approximate surface area is 202 Å². The molecule has 7 atom stereocenters. The monoisotopic (exact) mass is 422 g/mol. The number of hydrogen-bond acceptors (Lipinski definition) is 4. The third-order valence-corrected chi connectivity index (χ3v) is 6.21. The zero-order valence-corrected chi connectivity index (χ0v) is 20.0. The predicted octanol–water partition coefficient (Wildman–Crippen LogP) is 0.476. The van der Waals surface area contributed by atoms with Gasteiger partial charge in [-0.15, -0.1) is 11.8 Å². The van der Waals surface area contributed by atoms with Crippen molar-refractivity contribution in [2.45, 2.75) is 63.8 Å². The molecule has 2 unspecified atom stereocenters. The van der Waals surface area contributed by atoms with E-state index in [1.807, 2.05) is 37.3 Å². The second-order valence-electron chi connectivity index (χ2n) is 8.15. The molecule has 1 heterocycles. The van der Waals surface area contributed by atoms with Gasteiger partial charge in [-0.05, 0) is 31.7 Å². The van der Waals surface area contributed by atoms with Gasteiger partial charge >= 0.3 is 35.5 Å². The molecule has 5 nitrogen and oxygen atoms in total. The van der Waals surface area contributed by atoms with Crippen LogP contribution in [-0.2, 0) is 4.79 Å². The molecule has 3 N–H and O–H groups in total. The predicted molar refractivity (Wildman–Crippen MR) is 112 cm³/mol. The summed E-state index contributed by atoms with van der Waals surface area (Å²) in [5.74, 6) is 5.54. The van der Waals surface area contributed by atoms with Crippen molar-refractivity contribution in [1.29, 1.82) is 0 Å². The molecule has 1 aromatic carbocycles. The van der Waals surface area contributed by atoms with E-state index in [-0.39, 0.29) is 67.2 Å². The van der Waals surface area contributed by atoms with Gasteiger partial charge in [0.05, 0.1) is 12.2 Å². The van der Waals surface area contributed by atoms with Crippen molar-refractivity contribution < 1.29 is 55.8 Å². The standard InChI is InChI=1S/C24H30O5.Na.H/c1-3-4-8-15(2)19(25)14-13-17-22-16-9-5-6-11-20(16)29-24(22)18(23(17)28)10-7-12-21(26)27;;/h5-6,9,11,13-15,17-19,22-25,28H,7-8,10,12H2,1-2H3,(H,26,27);;/q;+1;-1/b14-13+;;/t15?,17-,18?,19-,22-,23-,24-;;/m1../s1. The van der Waals surface area contributed by atoms with Gasteiger partial charge in [-0.1, -0.05) is 37.3 Å². The van der Waals surface area contributed by atoms with Crippen LogP contribution in [0.5, 0.6) is 5.75 Å². The number of carboxylic acids is 1. The Morgan fingerprint density at radius 1 is 1.37 bits per heavy atom. The summed E-state index contributed by atoms with van der Waals surface area (Å²) in [5, 5.41) is 30.5. The second-order valence-corrected chi connectivity index (χ2v) is 8.15. The fourth-order valence-electron chi connectivity index (χ4n) is 4.61. The van der Waals surface area contributed by atoms with E-state index in [1.54, 1.807) is 13.0 Å². The summed E-state index contributed by atoms with van der Waals surface area (Å²) >= 11 is 0. The molecule has 1 aliphatic heterocycles. The number of ether oxygens (including phenoxy) is 1. The van der Waals surface area contributed by atoms with Crippen LogP contribution < -0.4 is 34.3 Å². The first-order valence-corrected chi connectivity index (χ1v) is 10.4. The van der Waals surface area contributed by atoms with Crippen molar-refractivity contribution in [3.05, 3.63) is 42.0 Å². The maximum absolute atomic E-state index is 11.1. The van der Waals surface area contributed by atoms with Crippen molar-refractivity contribution in [3.8, 4) is 17.6 Å². The molecule has 1 aromatic rings. The largest absolute Gasteiger partial charge is 1.00 e. The van der Waals surface area contributed by atoms with Crippen molar-refractivity contribution in [2.75, 3.05) is 0 Å². The molecule has 0 aromatic heterocycles. The summed E-state index contributed by atoms with van der Waals surface area (Å²) in [5.41, 5.74) is 1.08. The maximum atomic E-state index is 11.1. The number of carbonyl (C=O) groups is 1. The van der Waals surface area contributed by atoms with Crippen LogP contribution >= 0.6 is 0 Å². The van der Waals surface area contributed by atoms with Crippen LogP contribution in [0.2, 0.25) is 0 Å². The number of fused-ring (bicyclic) bond motifs is 3. The Balaban J connectivity index is 0.00000240. The van der Waals surface area contributed by atoms with E-state index in [2.05, 4.69) is 11.8 Å². The Morgan fingerprint density at radius 3 is 2.80 bits per heavy atom. The van der Waals surface area contributed by atoms with Crippen LogP contribution in [0.4, 0.5) is 0 Å². The number of hydrogen-bond donors (Lipinski definition) is 3. The van der Waals surface area contributed by atoms with E-state index in [9.17, 15) is 15.0 Å². The first kappa shape index (κ1) is 25.0. The minimum Gasteiger partial charge on any atom is -1.00 e. The quantitative estimate of drug-likeness (QED) is 0.322. The van der Waals surface area contributed by atoms with Gasteiger partial charge in [0.2, 0.25) is 0 Å². The number of aliphatic carboxylic acids is 1. The van der Waals surface area contributed by atoms with Crippen molar-refractivity contribution >= 4 is 5.97 Å². The molecule has 0 bridgehead atoms. The van der Waals surface area contributed by atoms with Gasteiger partial charge in [-0.2, -0.15) is 0 Å². The third-order valence-electron chi connectivity index (χ3n) is 6.21. The van der Waals surface area contributed by atoms with Gasteiger partial charge < -0.3 is 21.5 Å². The normalized spacial score (nSPS) is 28.5. The van der Waals surface area contributed by atoms with E-state index in [1.165, 1.54) is 0 Å². The summed E-state index contributed by atoms with van der Waals surface area (Å²) in [6, 6.07) is 7.87. The van der Waals surface area contributed by atoms with Crippen LogP contribution in [-0.4, -0.2) is 39.6 Å². The molecule has 0 spiro atoms. The first-order chi connectivity index (χ1) is 13.9. The summed E-state index contributed by atoms with van der Waals surface area (Å²) in [7, 11) is 0. The van der Waals surface area contributed by atoms with E-state index in [0.29, 0.717) is 19.3 Å². The van der Waals surface area contributed by atoms with Gasteiger partial charge in [0.1, 0.15) is 11.9 Å². The zero-order valence-electron chi connectivity index (χ0n) is 19.0. The molecule has 1 saturated carbocycles. The first-order valence-electron chi connectivity index (χ1n) is 10.4. The molecular weight excluding hydrogens is 391 g/mol. The topological polar surface area (TPSA) is 87.0 Å². The number of aliphatic hydroxyl groups is 2. The van der Waals surface area contributed by atoms with E-state index in [0.717, 1.165) is 11.3 Å². The van der Waals surface area contributed by atoms with Gasteiger partial charge in [0, 0.05) is 36.2 Å². The van der Waals surface area contributed by atoms with E-state index < -0.39 is 18.2 Å². The minimum absolute atomic E-state index is 0. The fourth-order valence-corrected chi connectivity index (χ4v) is 4.61. The number of aliphatic hydroxyl groups excluding tert-OH is 2. The molecule has 3 rings (SSSR count). The maximum Gasteiger partial charge on any atom is 1.00 e. The molecule has 30 heavy (non-hydrogen) atoms. The fraction of sp³-hybridized carbons (Fsp3) is 0.542. The Bertz CT molecular complexity index is 818. The van der Waals surface area contributed by atoms with Crippen LogP contribution in [0.3, 0.4) is 0 Å². The van der Waals surface area contributed by atoms with Gasteiger partial charge in [-0.3, -0.25) is 4.79 Å². The second kappa shape index (κ2) is 11.4. The van der Waals surface area contributed by atoms with E-state index in [4.69, 9.17) is 9.84 Å². The van der Waals surface area contributed by atoms with Gasteiger partial charge in [0.25, 0.3) is 0 Å². The number of rotatable bonds is 8. The molecule has 158 valence electrons. The van der Waals surface area contributed by atoms with Gasteiger partial charge in [0.15, 0.2) is 0 Å². The van der Waals surface area contributed by atoms with Crippen LogP contribution in [0.1, 0.15) is 52.4 Å². The number of carboxylic acid groups (broad SMARTS) is 1. The Kier molecular flexibility index (Phi) is 9.46. The SMILES string of the molecule is CC#CCC(C)[C@H](O)/C=C/[C@@H]1[C@H]2c3ccccc3O[C@@H]2C(CCCC(=O)O)[C@@H]1O.[H-].[Na+]. The molecule has 2 aliphatic rings. The summed E-state index contributed by atoms with van der Waals surface area (Å²) in [4.78, 5) is 10.9. The number of para-hydroxylation sites is 1. The summed E-state index contributed by atoms with van der Waals surface area (Å²) < 4.78 is 6.19. The molecule has 1 aliphatic carbocycles. The number of benzene rings is 1. The Morgan fingerprint density at radius 2 is 2.10 bits per heavy atom. The molecule has 0 amide bonds. The molecular formula is C24H31NaO5. The third kappa shape index (κ3) is 5.49. The minimum atomic E-state index is -0.826. The van der Waals surface area contributed by atoms with Crippen LogP contribution in [0.25, 0.3) is 0 Å². The average molecular weight is 422 g/mol. The smallest absolute Gasteiger partial charge is 1.00 e. The van der Waals surface area contributed by atoms with Gasteiger partial charge in [-0.25, -0.2) is 0 Å². The van der Waals surface area contributed by atoms with Crippen molar-refractivity contribution in [3.63, 3.8) is 0 Å². The van der Waals surface area contributed by atoms with E-state index >= 15 is 0 Å². The molecule has 0 radical (unpaired) electrons. The Hall–Kier alpha value is -1.29. The van der Waals surface area contributed by atoms with Crippen LogP contribution in [0, 0.1) is 29.6 Å². The summed E-state index contributed by atoms with van der Waals surface area (Å²) in [6.07, 6.45) is 4.05. The molecule has 6 heteroatoms. The average Bonchev–Trinajstić information content (AvgIpc) is 3.19. The molecule has 0 saturated heterocycles. The molecule has 1 fully saturated rings. The van der Waals surface area contributed by atoms with Crippen molar-refractivity contribution in [2.24, 2.45) is 17.8 Å².